The summed E-state index contributed by atoms with van der Waals surface area (Å²) < 4.78 is 1.88. The molecule has 0 amide bonds. The zero-order chi connectivity index (χ0) is 9.52. The lowest BCUT2D eigenvalue weighted by Gasteiger charge is -2.04. The Hall–Kier alpha value is -0.940. The van der Waals surface area contributed by atoms with Crippen molar-refractivity contribution in [2.45, 2.75) is 26.4 Å². The molecule has 0 aliphatic heterocycles. The second kappa shape index (κ2) is 5.66. The fraction of sp³-hybridized carbons (Fsp3) is 0.750. The molecule has 74 valence electrons. The predicted molar refractivity (Wildman–Crippen MR) is 51.1 cm³/mol. The Kier molecular flexibility index (Phi) is 4.42. The molecular weight excluding hydrogens is 166 g/mol. The summed E-state index contributed by atoms with van der Waals surface area (Å²) in [6.07, 6.45) is 2.59. The normalized spacial score (nSPS) is 10.6. The van der Waals surface area contributed by atoms with E-state index in [4.69, 9.17) is 5.73 Å². The van der Waals surface area contributed by atoms with E-state index in [0.29, 0.717) is 0 Å². The van der Waals surface area contributed by atoms with Crippen LogP contribution in [0.1, 0.15) is 19.2 Å². The first-order valence-corrected chi connectivity index (χ1v) is 4.66. The van der Waals surface area contributed by atoms with Gasteiger partial charge in [0.1, 0.15) is 12.2 Å². The summed E-state index contributed by atoms with van der Waals surface area (Å²) in [5, 5.41) is 7.33. The van der Waals surface area contributed by atoms with Crippen molar-refractivity contribution in [3.63, 3.8) is 0 Å². The smallest absolute Gasteiger partial charge is 0.140 e. The van der Waals surface area contributed by atoms with Crippen molar-refractivity contribution in [3.05, 3.63) is 12.2 Å². The molecule has 1 rings (SSSR count). The largest absolute Gasteiger partial charge is 0.330 e. The maximum Gasteiger partial charge on any atom is 0.140 e. The lowest BCUT2D eigenvalue weighted by atomic mass is 10.4. The molecule has 3 N–H and O–H groups in total. The fourth-order valence-corrected chi connectivity index (χ4v) is 1.12. The Labute approximate surface area is 78.3 Å². The van der Waals surface area contributed by atoms with Gasteiger partial charge in [-0.1, -0.05) is 0 Å². The molecule has 0 aliphatic carbocycles. The molecule has 0 saturated carbocycles. The molecule has 0 aromatic carbocycles. The zero-order valence-electron chi connectivity index (χ0n) is 8.03. The summed E-state index contributed by atoms with van der Waals surface area (Å²) in [5.41, 5.74) is 5.37. The van der Waals surface area contributed by atoms with Crippen molar-refractivity contribution in [3.8, 4) is 0 Å². The Morgan fingerprint density at radius 3 is 3.15 bits per heavy atom. The molecule has 0 saturated heterocycles. The molecular formula is C8H17N5. The van der Waals surface area contributed by atoms with Gasteiger partial charge in [0.15, 0.2) is 0 Å². The Balaban J connectivity index is 2.27. The molecule has 0 unspecified atom stereocenters. The Morgan fingerprint density at radius 1 is 1.62 bits per heavy atom. The lowest BCUT2D eigenvalue weighted by molar-refractivity contribution is 0.566. The molecule has 13 heavy (non-hydrogen) atoms. The van der Waals surface area contributed by atoms with E-state index in [1.54, 1.807) is 6.33 Å². The van der Waals surface area contributed by atoms with Crippen LogP contribution in [0.4, 0.5) is 0 Å². The fourth-order valence-electron chi connectivity index (χ4n) is 1.12. The monoisotopic (exact) mass is 183 g/mol. The average Bonchev–Trinajstić information content (AvgIpc) is 2.60. The molecule has 5 nitrogen and oxygen atoms in total. The Bertz CT molecular complexity index is 232. The van der Waals surface area contributed by atoms with Gasteiger partial charge >= 0.3 is 0 Å². The number of nitrogens with one attached hydrogen (secondary N) is 1. The van der Waals surface area contributed by atoms with Crippen molar-refractivity contribution in [1.29, 1.82) is 0 Å². The molecule has 0 bridgehead atoms. The van der Waals surface area contributed by atoms with Gasteiger partial charge < -0.3 is 11.1 Å². The van der Waals surface area contributed by atoms with Gasteiger partial charge in [0.05, 0.1) is 6.54 Å². The quantitative estimate of drug-likeness (QED) is 0.596. The molecule has 1 aromatic rings. The average molecular weight is 183 g/mol. The first kappa shape index (κ1) is 10.1. The van der Waals surface area contributed by atoms with E-state index in [9.17, 15) is 0 Å². The van der Waals surface area contributed by atoms with Crippen LogP contribution in [0.15, 0.2) is 6.33 Å². The molecule has 0 radical (unpaired) electrons. The SMILES string of the molecule is CCn1ncnc1CNCCCN. The predicted octanol–water partition coefficient (Wildman–Crippen LogP) is -0.264. The minimum Gasteiger partial charge on any atom is -0.330 e. The summed E-state index contributed by atoms with van der Waals surface area (Å²) >= 11 is 0. The van der Waals surface area contributed by atoms with Crippen molar-refractivity contribution in [2.75, 3.05) is 13.1 Å². The highest BCUT2D eigenvalue weighted by molar-refractivity contribution is 4.83. The topological polar surface area (TPSA) is 68.8 Å². The van der Waals surface area contributed by atoms with E-state index < -0.39 is 0 Å². The highest BCUT2D eigenvalue weighted by Gasteiger charge is 2.00. The minimum absolute atomic E-state index is 0.730. The van der Waals surface area contributed by atoms with E-state index >= 15 is 0 Å². The van der Waals surface area contributed by atoms with Crippen LogP contribution >= 0.6 is 0 Å². The van der Waals surface area contributed by atoms with Gasteiger partial charge in [-0.25, -0.2) is 9.67 Å². The summed E-state index contributed by atoms with van der Waals surface area (Å²) in [7, 11) is 0. The number of hydrogen-bond donors (Lipinski definition) is 2. The summed E-state index contributed by atoms with van der Waals surface area (Å²) in [6, 6.07) is 0. The van der Waals surface area contributed by atoms with Crippen LogP contribution in [0.25, 0.3) is 0 Å². The second-order valence-corrected chi connectivity index (χ2v) is 2.81. The van der Waals surface area contributed by atoms with Gasteiger partial charge in [-0.3, -0.25) is 0 Å². The third-order valence-corrected chi connectivity index (χ3v) is 1.84. The van der Waals surface area contributed by atoms with Crippen molar-refractivity contribution < 1.29 is 0 Å². The highest BCUT2D eigenvalue weighted by Crippen LogP contribution is 1.92. The number of aryl methyl sites for hydroxylation is 1. The van der Waals surface area contributed by atoms with Crippen LogP contribution < -0.4 is 11.1 Å². The molecule has 1 heterocycles. The Morgan fingerprint density at radius 2 is 2.46 bits per heavy atom. The van der Waals surface area contributed by atoms with Gasteiger partial charge in [-0.15, -0.1) is 0 Å². The highest BCUT2D eigenvalue weighted by atomic mass is 15.3. The molecule has 0 atom stereocenters. The lowest BCUT2D eigenvalue weighted by Crippen LogP contribution is -2.20. The van der Waals surface area contributed by atoms with Crippen LogP contribution in [0, 0.1) is 0 Å². The first-order chi connectivity index (χ1) is 6.38. The number of aromatic nitrogens is 3. The van der Waals surface area contributed by atoms with Crippen molar-refractivity contribution in [1.82, 2.24) is 20.1 Å². The number of nitrogens with zero attached hydrogens (tertiary/aromatic N) is 3. The van der Waals surface area contributed by atoms with Gasteiger partial charge in [0, 0.05) is 6.54 Å². The minimum atomic E-state index is 0.730. The maximum atomic E-state index is 5.37. The number of rotatable bonds is 6. The number of nitrogens with two attached hydrogens (primary N) is 1. The van der Waals surface area contributed by atoms with E-state index in [0.717, 1.165) is 38.4 Å². The molecule has 0 aliphatic rings. The van der Waals surface area contributed by atoms with Gasteiger partial charge in [0.2, 0.25) is 0 Å². The van der Waals surface area contributed by atoms with E-state index in [2.05, 4.69) is 22.3 Å². The summed E-state index contributed by atoms with van der Waals surface area (Å²) in [4.78, 5) is 4.14. The van der Waals surface area contributed by atoms with Crippen LogP contribution in [-0.2, 0) is 13.1 Å². The second-order valence-electron chi connectivity index (χ2n) is 2.81. The third-order valence-electron chi connectivity index (χ3n) is 1.84. The van der Waals surface area contributed by atoms with Crippen molar-refractivity contribution in [2.24, 2.45) is 5.73 Å². The zero-order valence-corrected chi connectivity index (χ0v) is 8.03. The van der Waals surface area contributed by atoms with Gasteiger partial charge in [-0.05, 0) is 26.4 Å². The van der Waals surface area contributed by atoms with Crippen LogP contribution in [0.5, 0.6) is 0 Å². The first-order valence-electron chi connectivity index (χ1n) is 4.66. The van der Waals surface area contributed by atoms with Gasteiger partial charge in [-0.2, -0.15) is 5.10 Å². The molecule has 1 aromatic heterocycles. The van der Waals surface area contributed by atoms with E-state index in [1.807, 2.05) is 4.68 Å². The van der Waals surface area contributed by atoms with E-state index in [-0.39, 0.29) is 0 Å². The van der Waals surface area contributed by atoms with Gasteiger partial charge in [0.25, 0.3) is 0 Å². The number of hydrogen-bond acceptors (Lipinski definition) is 4. The van der Waals surface area contributed by atoms with Crippen LogP contribution in [0.3, 0.4) is 0 Å². The molecule has 0 spiro atoms. The van der Waals surface area contributed by atoms with Crippen LogP contribution in [-0.4, -0.2) is 27.9 Å². The standard InChI is InChI=1S/C8H17N5/c1-2-13-8(11-7-12-13)6-10-5-3-4-9/h7,10H,2-6,9H2,1H3. The molecule has 0 fully saturated rings. The van der Waals surface area contributed by atoms with E-state index in [1.165, 1.54) is 0 Å². The summed E-state index contributed by atoms with van der Waals surface area (Å²) in [6.45, 7) is 5.36. The maximum absolute atomic E-state index is 5.37. The summed E-state index contributed by atoms with van der Waals surface area (Å²) in [5.74, 6) is 0.986. The molecule has 5 heteroatoms. The van der Waals surface area contributed by atoms with Crippen LogP contribution in [0.2, 0.25) is 0 Å². The third kappa shape index (κ3) is 3.12. The van der Waals surface area contributed by atoms with Crippen molar-refractivity contribution >= 4 is 0 Å².